The van der Waals surface area contributed by atoms with E-state index in [1.165, 1.54) is 11.8 Å². The van der Waals surface area contributed by atoms with Gasteiger partial charge in [0.15, 0.2) is 16.7 Å². The Morgan fingerprint density at radius 2 is 1.85 bits per heavy atom. The molecule has 2 aliphatic rings. The van der Waals surface area contributed by atoms with Gasteiger partial charge in [0.05, 0.1) is 29.8 Å². The molecule has 2 aromatic carbocycles. The van der Waals surface area contributed by atoms with Crippen LogP contribution in [-0.4, -0.2) is 52.6 Å². The first-order valence-corrected chi connectivity index (χ1v) is 12.4. The highest BCUT2D eigenvalue weighted by Gasteiger charge is 2.28. The van der Waals surface area contributed by atoms with Gasteiger partial charge in [-0.15, -0.1) is 0 Å². The number of hydrogen-bond donors (Lipinski definition) is 0. The lowest BCUT2D eigenvalue weighted by Gasteiger charge is -2.23. The number of methoxy groups -OCH3 is 1. The molecule has 0 saturated carbocycles. The normalized spacial score (nSPS) is 15.6. The average molecular weight is 482 g/mol. The molecule has 1 fully saturated rings. The summed E-state index contributed by atoms with van der Waals surface area (Å²) in [4.78, 5) is 33.6. The summed E-state index contributed by atoms with van der Waals surface area (Å²) in [6.45, 7) is 4.04. The van der Waals surface area contributed by atoms with Crippen molar-refractivity contribution in [3.8, 4) is 17.2 Å². The number of amides is 1. The van der Waals surface area contributed by atoms with Crippen LogP contribution in [0.2, 0.25) is 0 Å². The number of hydrogen-bond acceptors (Lipinski definition) is 7. The van der Waals surface area contributed by atoms with Gasteiger partial charge in [-0.2, -0.15) is 0 Å². The summed E-state index contributed by atoms with van der Waals surface area (Å²) in [5.41, 5.74) is 1.29. The van der Waals surface area contributed by atoms with E-state index in [4.69, 9.17) is 19.2 Å². The molecule has 3 heterocycles. The molecular weight excluding hydrogens is 454 g/mol. The Morgan fingerprint density at radius 3 is 2.53 bits per heavy atom. The first-order chi connectivity index (χ1) is 16.6. The number of fused-ring (bicyclic) bond motifs is 2. The third kappa shape index (κ3) is 4.32. The van der Waals surface area contributed by atoms with Gasteiger partial charge >= 0.3 is 0 Å². The molecule has 0 N–H and O–H groups in total. The topological polar surface area (TPSA) is 82.9 Å². The molecule has 0 aliphatic carbocycles. The molecule has 1 unspecified atom stereocenters. The summed E-state index contributed by atoms with van der Waals surface area (Å²) < 4.78 is 17.9. The van der Waals surface area contributed by atoms with Crippen molar-refractivity contribution in [2.24, 2.45) is 0 Å². The lowest BCUT2D eigenvalue weighted by Crippen LogP contribution is -2.36. The van der Waals surface area contributed by atoms with Crippen molar-refractivity contribution in [2.45, 2.75) is 43.1 Å². The van der Waals surface area contributed by atoms with Gasteiger partial charge in [-0.1, -0.05) is 30.8 Å². The monoisotopic (exact) mass is 481 g/mol. The van der Waals surface area contributed by atoms with Gasteiger partial charge in [-0.3, -0.25) is 14.2 Å². The van der Waals surface area contributed by atoms with Crippen molar-refractivity contribution in [2.75, 3.05) is 27.0 Å². The summed E-state index contributed by atoms with van der Waals surface area (Å²) in [6, 6.07) is 11.0. The maximum absolute atomic E-state index is 13.7. The lowest BCUT2D eigenvalue weighted by molar-refractivity contribution is -0.129. The van der Waals surface area contributed by atoms with Crippen molar-refractivity contribution < 1.29 is 19.0 Å². The number of benzene rings is 2. The lowest BCUT2D eigenvalue weighted by atomic mass is 10.2. The molecule has 3 aromatic rings. The second-order valence-corrected chi connectivity index (χ2v) is 9.57. The Balaban J connectivity index is 1.57. The Kier molecular flexibility index (Phi) is 6.36. The minimum atomic E-state index is -0.307. The van der Waals surface area contributed by atoms with Crippen LogP contribution in [0, 0.1) is 0 Å². The van der Waals surface area contributed by atoms with Crippen molar-refractivity contribution >= 4 is 28.6 Å². The zero-order valence-corrected chi connectivity index (χ0v) is 20.1. The van der Waals surface area contributed by atoms with Crippen LogP contribution in [0.3, 0.4) is 0 Å². The van der Waals surface area contributed by atoms with E-state index >= 15 is 0 Å². The molecule has 178 valence electrons. The SMILES string of the molecule is CCC(Sc1nc2cc3c(cc2c(=O)n1Cc1ccc(OC)cc1)OCO3)C(=O)N1CCCC1. The van der Waals surface area contributed by atoms with E-state index in [1.54, 1.807) is 23.8 Å². The quantitative estimate of drug-likeness (QED) is 0.376. The van der Waals surface area contributed by atoms with E-state index in [-0.39, 0.29) is 23.5 Å². The largest absolute Gasteiger partial charge is 0.497 e. The van der Waals surface area contributed by atoms with Crippen LogP contribution in [0.5, 0.6) is 17.2 Å². The van der Waals surface area contributed by atoms with E-state index in [2.05, 4.69) is 0 Å². The van der Waals surface area contributed by atoms with Crippen molar-refractivity contribution in [1.29, 1.82) is 0 Å². The van der Waals surface area contributed by atoms with E-state index in [9.17, 15) is 9.59 Å². The minimum absolute atomic E-state index is 0.112. The van der Waals surface area contributed by atoms with Crippen molar-refractivity contribution in [1.82, 2.24) is 14.5 Å². The number of aromatic nitrogens is 2. The fourth-order valence-corrected chi connectivity index (χ4v) is 5.41. The molecule has 2 aliphatic heterocycles. The fraction of sp³-hybridized carbons (Fsp3) is 0.400. The number of thioether (sulfide) groups is 1. The second-order valence-electron chi connectivity index (χ2n) is 8.40. The highest BCUT2D eigenvalue weighted by atomic mass is 32.2. The van der Waals surface area contributed by atoms with Gasteiger partial charge in [-0.05, 0) is 43.0 Å². The average Bonchev–Trinajstić information content (AvgIpc) is 3.56. The summed E-state index contributed by atoms with van der Waals surface area (Å²) in [5, 5.41) is 0.672. The van der Waals surface area contributed by atoms with Crippen LogP contribution in [-0.2, 0) is 11.3 Å². The van der Waals surface area contributed by atoms with E-state index in [1.807, 2.05) is 36.1 Å². The zero-order valence-electron chi connectivity index (χ0n) is 19.3. The molecule has 34 heavy (non-hydrogen) atoms. The number of carbonyl (C=O) groups is 1. The fourth-order valence-electron chi connectivity index (χ4n) is 4.31. The van der Waals surface area contributed by atoms with Gasteiger partial charge in [0.25, 0.3) is 5.56 Å². The molecule has 5 rings (SSSR count). The molecule has 1 atom stereocenters. The number of rotatable bonds is 7. The predicted octanol–water partition coefficient (Wildman–Crippen LogP) is 3.68. The van der Waals surface area contributed by atoms with E-state index < -0.39 is 0 Å². The standard InChI is InChI=1S/C25H27N3O5S/c1-3-22(24(30)27-10-4-5-11-27)34-25-26-19-13-21-20(32-15-33-21)12-18(19)23(29)28(25)14-16-6-8-17(31-2)9-7-16/h6-9,12-13,22H,3-5,10-11,14-15H2,1-2H3. The van der Waals surface area contributed by atoms with Gasteiger partial charge in [0.1, 0.15) is 5.75 Å². The number of carbonyl (C=O) groups excluding carboxylic acids is 1. The zero-order chi connectivity index (χ0) is 23.7. The molecular formula is C25H27N3O5S. The molecule has 1 amide bonds. The van der Waals surface area contributed by atoms with E-state index in [0.29, 0.717) is 40.5 Å². The molecule has 1 aromatic heterocycles. The number of likely N-dealkylation sites (tertiary alicyclic amines) is 1. The number of nitrogens with zero attached hydrogens (tertiary/aromatic N) is 3. The molecule has 1 saturated heterocycles. The molecule has 0 radical (unpaired) electrons. The highest BCUT2D eigenvalue weighted by molar-refractivity contribution is 8.00. The van der Waals surface area contributed by atoms with Crippen molar-refractivity contribution in [3.05, 3.63) is 52.3 Å². The maximum Gasteiger partial charge on any atom is 0.262 e. The third-order valence-electron chi connectivity index (χ3n) is 6.22. The minimum Gasteiger partial charge on any atom is -0.497 e. The molecule has 0 bridgehead atoms. The smallest absolute Gasteiger partial charge is 0.262 e. The molecule has 9 heteroatoms. The van der Waals surface area contributed by atoms with Gasteiger partial charge < -0.3 is 19.1 Å². The summed E-state index contributed by atoms with van der Waals surface area (Å²) in [6.07, 6.45) is 2.73. The Morgan fingerprint density at radius 1 is 1.15 bits per heavy atom. The highest BCUT2D eigenvalue weighted by Crippen LogP contribution is 2.36. The van der Waals surface area contributed by atoms with Crippen LogP contribution in [0.15, 0.2) is 46.3 Å². The van der Waals surface area contributed by atoms with Crippen LogP contribution in [0.1, 0.15) is 31.7 Å². The first kappa shape index (κ1) is 22.6. The molecule has 8 nitrogen and oxygen atoms in total. The third-order valence-corrected chi connectivity index (χ3v) is 7.57. The van der Waals surface area contributed by atoms with Gasteiger partial charge in [0.2, 0.25) is 12.7 Å². The Labute approximate surface area is 201 Å². The van der Waals surface area contributed by atoms with Crippen LogP contribution < -0.4 is 19.8 Å². The van der Waals surface area contributed by atoms with Crippen LogP contribution in [0.4, 0.5) is 0 Å². The second kappa shape index (κ2) is 9.58. The first-order valence-electron chi connectivity index (χ1n) is 11.5. The van der Waals surface area contributed by atoms with Crippen LogP contribution >= 0.6 is 11.8 Å². The summed E-state index contributed by atoms with van der Waals surface area (Å²) in [5.74, 6) is 1.97. The van der Waals surface area contributed by atoms with E-state index in [0.717, 1.165) is 37.2 Å². The Bertz CT molecular complexity index is 1270. The van der Waals surface area contributed by atoms with Crippen LogP contribution in [0.25, 0.3) is 10.9 Å². The summed E-state index contributed by atoms with van der Waals surface area (Å²) in [7, 11) is 1.62. The molecule has 0 spiro atoms. The maximum atomic E-state index is 13.7. The summed E-state index contributed by atoms with van der Waals surface area (Å²) >= 11 is 1.36. The number of ether oxygens (including phenoxy) is 3. The van der Waals surface area contributed by atoms with Gasteiger partial charge in [-0.25, -0.2) is 4.98 Å². The van der Waals surface area contributed by atoms with Gasteiger partial charge in [0, 0.05) is 19.2 Å². The predicted molar refractivity (Wildman–Crippen MR) is 130 cm³/mol. The Hall–Kier alpha value is -3.20. The van der Waals surface area contributed by atoms with Crippen molar-refractivity contribution in [3.63, 3.8) is 0 Å².